The first kappa shape index (κ1) is 14.4. The number of hydrogen-bond donors (Lipinski definition) is 2. The third-order valence-corrected chi connectivity index (χ3v) is 4.02. The Hall–Kier alpha value is -2.56. The van der Waals surface area contributed by atoms with E-state index in [0.29, 0.717) is 17.8 Å². The normalized spacial score (nSPS) is 20.0. The van der Waals surface area contributed by atoms with Gasteiger partial charge in [-0.2, -0.15) is 0 Å². The molecule has 2 aliphatic rings. The highest BCUT2D eigenvalue weighted by Gasteiger charge is 2.40. The molecular formula is C17H18N2O3. The zero-order valence-electron chi connectivity index (χ0n) is 12.8. The van der Waals surface area contributed by atoms with Gasteiger partial charge in [0, 0.05) is 22.7 Å². The summed E-state index contributed by atoms with van der Waals surface area (Å²) in [5.41, 5.74) is 4.24. The van der Waals surface area contributed by atoms with Crippen LogP contribution in [0, 0.1) is 0 Å². The van der Waals surface area contributed by atoms with E-state index in [9.17, 15) is 9.59 Å². The van der Waals surface area contributed by atoms with Crippen molar-refractivity contribution in [1.82, 2.24) is 5.32 Å². The van der Waals surface area contributed by atoms with Crippen molar-refractivity contribution in [2.45, 2.75) is 26.7 Å². The van der Waals surface area contributed by atoms with Crippen molar-refractivity contribution in [1.29, 1.82) is 0 Å². The van der Waals surface area contributed by atoms with Crippen LogP contribution in [-0.4, -0.2) is 18.5 Å². The summed E-state index contributed by atoms with van der Waals surface area (Å²) >= 11 is 0. The van der Waals surface area contributed by atoms with Gasteiger partial charge in [-0.25, -0.2) is 4.79 Å². The van der Waals surface area contributed by atoms with E-state index < -0.39 is 0 Å². The van der Waals surface area contributed by atoms with Crippen LogP contribution in [0.25, 0.3) is 0 Å². The zero-order chi connectivity index (χ0) is 15.9. The van der Waals surface area contributed by atoms with E-state index in [-0.39, 0.29) is 17.8 Å². The summed E-state index contributed by atoms with van der Waals surface area (Å²) in [6, 6.07) is 7.55. The maximum absolute atomic E-state index is 12.5. The van der Waals surface area contributed by atoms with E-state index in [0.717, 1.165) is 22.6 Å². The molecule has 5 heteroatoms. The molecule has 0 fully saturated rings. The number of allylic oxidation sites excluding steroid dienone is 2. The lowest BCUT2D eigenvalue weighted by Gasteiger charge is -2.35. The third-order valence-electron chi connectivity index (χ3n) is 4.02. The Bertz CT molecular complexity index is 731. The Morgan fingerprint density at radius 2 is 1.91 bits per heavy atom. The average Bonchev–Trinajstić information content (AvgIpc) is 2.46. The molecule has 1 aromatic rings. The molecule has 0 radical (unpaired) electrons. The number of anilines is 1. The molecule has 1 amide bonds. The standard InChI is InChI=1S/C17H18N2O3/c1-4-22-17(21)14-10(3)18-9(2)13-15(14)11-7-5-6-8-12(11)19-16(13)20/h5-8,15,18H,4H2,1-3H3,(H,19,20). The van der Waals surface area contributed by atoms with Crippen molar-refractivity contribution in [3.8, 4) is 0 Å². The summed E-state index contributed by atoms with van der Waals surface area (Å²) in [4.78, 5) is 24.9. The van der Waals surface area contributed by atoms with Crippen molar-refractivity contribution in [3.63, 3.8) is 0 Å². The number of ether oxygens (including phenoxy) is 1. The number of para-hydroxylation sites is 1. The number of fused-ring (bicyclic) bond motifs is 3. The first-order chi connectivity index (χ1) is 10.5. The van der Waals surface area contributed by atoms with Crippen LogP contribution in [0.1, 0.15) is 32.3 Å². The molecule has 5 nitrogen and oxygen atoms in total. The quantitative estimate of drug-likeness (QED) is 0.823. The Morgan fingerprint density at radius 1 is 1.18 bits per heavy atom. The maximum Gasteiger partial charge on any atom is 0.336 e. The van der Waals surface area contributed by atoms with E-state index in [1.165, 1.54) is 0 Å². The van der Waals surface area contributed by atoms with E-state index in [1.54, 1.807) is 6.92 Å². The van der Waals surface area contributed by atoms with E-state index >= 15 is 0 Å². The van der Waals surface area contributed by atoms with Crippen LogP contribution in [0.15, 0.2) is 46.8 Å². The second kappa shape index (κ2) is 5.33. The summed E-state index contributed by atoms with van der Waals surface area (Å²) < 4.78 is 5.20. The zero-order valence-corrected chi connectivity index (χ0v) is 12.8. The van der Waals surface area contributed by atoms with Gasteiger partial charge in [0.15, 0.2) is 0 Å². The molecule has 22 heavy (non-hydrogen) atoms. The van der Waals surface area contributed by atoms with Crippen LogP contribution < -0.4 is 10.6 Å². The fraction of sp³-hybridized carbons (Fsp3) is 0.294. The molecule has 114 valence electrons. The summed E-state index contributed by atoms with van der Waals surface area (Å²) in [5.74, 6) is -0.944. The Balaban J connectivity index is 2.21. The summed E-state index contributed by atoms with van der Waals surface area (Å²) in [7, 11) is 0. The number of hydrogen-bond acceptors (Lipinski definition) is 4. The minimum Gasteiger partial charge on any atom is -0.463 e. The number of amides is 1. The van der Waals surface area contributed by atoms with Crippen LogP contribution in [0.5, 0.6) is 0 Å². The van der Waals surface area contributed by atoms with Crippen LogP contribution in [0.4, 0.5) is 5.69 Å². The van der Waals surface area contributed by atoms with Gasteiger partial charge in [-0.1, -0.05) is 18.2 Å². The lowest BCUT2D eigenvalue weighted by atomic mass is 9.77. The highest BCUT2D eigenvalue weighted by molar-refractivity contribution is 6.11. The van der Waals surface area contributed by atoms with Gasteiger partial charge in [-0.15, -0.1) is 0 Å². The Kier molecular flexibility index (Phi) is 3.48. The highest BCUT2D eigenvalue weighted by Crippen LogP contribution is 2.44. The minimum atomic E-state index is -0.384. The van der Waals surface area contributed by atoms with Gasteiger partial charge in [0.05, 0.1) is 18.1 Å². The number of nitrogens with one attached hydrogen (secondary N) is 2. The van der Waals surface area contributed by atoms with Crippen LogP contribution in [-0.2, 0) is 14.3 Å². The van der Waals surface area contributed by atoms with Crippen LogP contribution >= 0.6 is 0 Å². The van der Waals surface area contributed by atoms with Gasteiger partial charge in [0.2, 0.25) is 0 Å². The number of carbonyl (C=O) groups excluding carboxylic acids is 2. The van der Waals surface area contributed by atoms with Crippen molar-refractivity contribution >= 4 is 17.6 Å². The van der Waals surface area contributed by atoms with E-state index in [4.69, 9.17) is 4.74 Å². The van der Waals surface area contributed by atoms with Crippen LogP contribution in [0.2, 0.25) is 0 Å². The number of esters is 1. The van der Waals surface area contributed by atoms with Crippen molar-refractivity contribution in [2.24, 2.45) is 0 Å². The predicted octanol–water partition coefficient (Wildman–Crippen LogP) is 2.44. The SMILES string of the molecule is CCOC(=O)C1=C(C)NC(C)=C2C(=O)Nc3ccccc3C21. The smallest absolute Gasteiger partial charge is 0.336 e. The molecule has 0 aliphatic carbocycles. The molecule has 0 aromatic heterocycles. The molecule has 0 spiro atoms. The largest absolute Gasteiger partial charge is 0.463 e. The lowest BCUT2D eigenvalue weighted by molar-refractivity contribution is -0.138. The Morgan fingerprint density at radius 3 is 2.64 bits per heavy atom. The lowest BCUT2D eigenvalue weighted by Crippen LogP contribution is -2.37. The molecule has 0 bridgehead atoms. The van der Waals surface area contributed by atoms with Crippen LogP contribution in [0.3, 0.4) is 0 Å². The molecule has 1 aromatic carbocycles. The molecule has 1 unspecified atom stereocenters. The van der Waals surface area contributed by atoms with Crippen molar-refractivity contribution in [2.75, 3.05) is 11.9 Å². The maximum atomic E-state index is 12.5. The molecule has 2 heterocycles. The van der Waals surface area contributed by atoms with Gasteiger partial charge < -0.3 is 15.4 Å². The molecular weight excluding hydrogens is 280 g/mol. The molecule has 1 atom stereocenters. The van der Waals surface area contributed by atoms with E-state index in [1.807, 2.05) is 38.1 Å². The summed E-state index contributed by atoms with van der Waals surface area (Å²) in [6.45, 7) is 5.75. The average molecular weight is 298 g/mol. The molecule has 0 saturated carbocycles. The number of rotatable bonds is 2. The number of dihydropyridines is 1. The number of carbonyl (C=O) groups is 2. The number of benzene rings is 1. The third kappa shape index (κ3) is 2.09. The first-order valence-corrected chi connectivity index (χ1v) is 7.30. The van der Waals surface area contributed by atoms with Crippen molar-refractivity contribution in [3.05, 3.63) is 52.4 Å². The topological polar surface area (TPSA) is 67.4 Å². The summed E-state index contributed by atoms with van der Waals surface area (Å²) in [5, 5.41) is 6.01. The fourth-order valence-electron chi connectivity index (χ4n) is 3.14. The second-order valence-corrected chi connectivity index (χ2v) is 5.40. The summed E-state index contributed by atoms with van der Waals surface area (Å²) in [6.07, 6.45) is 0. The fourth-order valence-corrected chi connectivity index (χ4v) is 3.14. The second-order valence-electron chi connectivity index (χ2n) is 5.40. The predicted molar refractivity (Wildman–Crippen MR) is 83.0 cm³/mol. The monoisotopic (exact) mass is 298 g/mol. The van der Waals surface area contributed by atoms with Gasteiger partial charge in [0.1, 0.15) is 0 Å². The first-order valence-electron chi connectivity index (χ1n) is 7.30. The minimum absolute atomic E-state index is 0.178. The van der Waals surface area contributed by atoms with Gasteiger partial charge in [-0.3, -0.25) is 4.79 Å². The molecule has 0 saturated heterocycles. The van der Waals surface area contributed by atoms with E-state index in [2.05, 4.69) is 10.6 Å². The molecule has 2 aliphatic heterocycles. The molecule has 3 rings (SSSR count). The van der Waals surface area contributed by atoms with Gasteiger partial charge in [0.25, 0.3) is 5.91 Å². The Labute approximate surface area is 129 Å². The van der Waals surface area contributed by atoms with Gasteiger partial charge in [-0.05, 0) is 32.4 Å². The van der Waals surface area contributed by atoms with Crippen molar-refractivity contribution < 1.29 is 14.3 Å². The highest BCUT2D eigenvalue weighted by atomic mass is 16.5. The van der Waals surface area contributed by atoms with Gasteiger partial charge >= 0.3 is 5.97 Å². The molecule has 2 N–H and O–H groups in total.